The fourth-order valence-corrected chi connectivity index (χ4v) is 2.21. The van der Waals surface area contributed by atoms with Crippen LogP contribution in [0.5, 0.6) is 17.2 Å². The second kappa shape index (κ2) is 6.38. The summed E-state index contributed by atoms with van der Waals surface area (Å²) in [5, 5.41) is 74.7. The van der Waals surface area contributed by atoms with E-state index in [1.54, 1.807) is 0 Å². The molecule has 0 aliphatic rings. The van der Waals surface area contributed by atoms with Crippen LogP contribution in [0.4, 0.5) is 4.39 Å². The molecular formula is C15H19FO8. The van der Waals surface area contributed by atoms with Gasteiger partial charge in [-0.3, -0.25) is 0 Å². The molecule has 8 N–H and O–H groups in total. The van der Waals surface area contributed by atoms with Crippen molar-refractivity contribution in [3.05, 3.63) is 29.1 Å². The van der Waals surface area contributed by atoms with Crippen LogP contribution in [-0.2, 0) is 5.79 Å². The number of hydrogen-bond acceptors (Lipinski definition) is 8. The zero-order valence-corrected chi connectivity index (χ0v) is 13.1. The SMILES string of the molecule is CC.Cc1c(O)c(O)c(O)c2ccc(F)c(C(O)(O)C(O)(O)O)c12. The monoisotopic (exact) mass is 346 g/mol. The molecule has 2 aromatic carbocycles. The van der Waals surface area contributed by atoms with E-state index >= 15 is 0 Å². The molecule has 0 saturated heterocycles. The Balaban J connectivity index is 0.00000139. The van der Waals surface area contributed by atoms with Crippen LogP contribution in [0.25, 0.3) is 10.8 Å². The molecule has 0 unspecified atom stereocenters. The molecule has 0 radical (unpaired) electrons. The maximum Gasteiger partial charge on any atom is 0.337 e. The van der Waals surface area contributed by atoms with Gasteiger partial charge in [0.15, 0.2) is 11.5 Å². The van der Waals surface area contributed by atoms with Crippen LogP contribution in [0.1, 0.15) is 25.0 Å². The molecule has 0 heterocycles. The van der Waals surface area contributed by atoms with Crippen molar-refractivity contribution in [2.24, 2.45) is 0 Å². The van der Waals surface area contributed by atoms with Crippen molar-refractivity contribution in [1.29, 1.82) is 0 Å². The summed E-state index contributed by atoms with van der Waals surface area (Å²) in [4.78, 5) is 0. The first-order chi connectivity index (χ1) is 10.9. The van der Waals surface area contributed by atoms with Gasteiger partial charge >= 0.3 is 5.97 Å². The van der Waals surface area contributed by atoms with Gasteiger partial charge in [-0.05, 0) is 19.1 Å². The lowest BCUT2D eigenvalue weighted by atomic mass is 9.91. The number of hydrogen-bond donors (Lipinski definition) is 8. The second-order valence-corrected chi connectivity index (χ2v) is 4.82. The summed E-state index contributed by atoms with van der Waals surface area (Å²) in [5.41, 5.74) is -1.50. The topological polar surface area (TPSA) is 162 Å². The first-order valence-electron chi connectivity index (χ1n) is 6.89. The summed E-state index contributed by atoms with van der Waals surface area (Å²) in [7, 11) is 0. The quantitative estimate of drug-likeness (QED) is 0.282. The van der Waals surface area contributed by atoms with Gasteiger partial charge in [-0.25, -0.2) is 4.39 Å². The zero-order chi connectivity index (χ0) is 19.0. The van der Waals surface area contributed by atoms with Crippen molar-refractivity contribution in [1.82, 2.24) is 0 Å². The van der Waals surface area contributed by atoms with Crippen molar-refractivity contribution < 1.29 is 45.2 Å². The Morgan fingerprint density at radius 1 is 0.833 bits per heavy atom. The maximum atomic E-state index is 14.0. The molecule has 2 rings (SSSR count). The van der Waals surface area contributed by atoms with E-state index in [2.05, 4.69) is 0 Å². The molecule has 0 aromatic heterocycles. The number of phenols is 3. The van der Waals surface area contributed by atoms with E-state index in [-0.39, 0.29) is 10.9 Å². The Kier molecular flexibility index (Phi) is 5.28. The number of aromatic hydroxyl groups is 3. The van der Waals surface area contributed by atoms with Crippen LogP contribution in [0.3, 0.4) is 0 Å². The smallest absolute Gasteiger partial charge is 0.337 e. The van der Waals surface area contributed by atoms with E-state index in [1.165, 1.54) is 0 Å². The molecule has 0 amide bonds. The van der Waals surface area contributed by atoms with E-state index < -0.39 is 45.8 Å². The standard InChI is InChI=1S/C13H13FO8.C2H6/c1-4-7-5(10(16)11(17)9(4)15)2-3-6(14)8(7)12(18,19)13(20,21)22;1-2/h2-3,15-22H,1H3;1-2H3. The minimum Gasteiger partial charge on any atom is -0.504 e. The number of rotatable bonds is 2. The van der Waals surface area contributed by atoms with Gasteiger partial charge in [0.1, 0.15) is 5.82 Å². The molecule has 0 bridgehead atoms. The van der Waals surface area contributed by atoms with E-state index in [9.17, 15) is 29.9 Å². The average molecular weight is 346 g/mol. The van der Waals surface area contributed by atoms with Crippen LogP contribution >= 0.6 is 0 Å². The van der Waals surface area contributed by atoms with Gasteiger partial charge in [0.2, 0.25) is 5.75 Å². The lowest BCUT2D eigenvalue weighted by molar-refractivity contribution is -0.454. The summed E-state index contributed by atoms with van der Waals surface area (Å²) < 4.78 is 14.0. The third-order valence-corrected chi connectivity index (χ3v) is 3.40. The van der Waals surface area contributed by atoms with Crippen LogP contribution in [0.15, 0.2) is 12.1 Å². The highest BCUT2D eigenvalue weighted by atomic mass is 19.1. The number of fused-ring (bicyclic) bond motifs is 1. The molecular weight excluding hydrogens is 327 g/mol. The molecule has 0 spiro atoms. The van der Waals surface area contributed by atoms with Gasteiger partial charge < -0.3 is 40.9 Å². The Morgan fingerprint density at radius 3 is 1.79 bits per heavy atom. The lowest BCUT2D eigenvalue weighted by Gasteiger charge is -2.31. The Bertz CT molecular complexity index is 765. The second-order valence-electron chi connectivity index (χ2n) is 4.82. The molecule has 8 nitrogen and oxygen atoms in total. The van der Waals surface area contributed by atoms with Crippen molar-refractivity contribution in [2.75, 3.05) is 0 Å². The van der Waals surface area contributed by atoms with Crippen molar-refractivity contribution in [3.63, 3.8) is 0 Å². The van der Waals surface area contributed by atoms with Crippen molar-refractivity contribution in [3.8, 4) is 17.2 Å². The third kappa shape index (κ3) is 2.83. The summed E-state index contributed by atoms with van der Waals surface area (Å²) in [6, 6.07) is 1.60. The molecule has 0 atom stereocenters. The third-order valence-electron chi connectivity index (χ3n) is 3.40. The maximum absolute atomic E-state index is 14.0. The van der Waals surface area contributed by atoms with Gasteiger partial charge in [0.05, 0.1) is 5.56 Å². The highest BCUT2D eigenvalue weighted by Crippen LogP contribution is 2.47. The molecule has 2 aromatic rings. The first-order valence-corrected chi connectivity index (χ1v) is 6.89. The number of benzene rings is 2. The number of halogens is 1. The molecule has 0 fully saturated rings. The van der Waals surface area contributed by atoms with Gasteiger partial charge in [0.25, 0.3) is 5.79 Å². The Morgan fingerprint density at radius 2 is 1.33 bits per heavy atom. The van der Waals surface area contributed by atoms with E-state index in [4.69, 9.17) is 15.3 Å². The fourth-order valence-electron chi connectivity index (χ4n) is 2.21. The van der Waals surface area contributed by atoms with Gasteiger partial charge in [-0.2, -0.15) is 0 Å². The molecule has 0 aliphatic heterocycles. The predicted octanol–water partition coefficient (Wildman–Crippen LogP) is 0.198. The van der Waals surface area contributed by atoms with Crippen molar-refractivity contribution in [2.45, 2.75) is 32.5 Å². The average Bonchev–Trinajstić information content (AvgIpc) is 2.51. The van der Waals surface area contributed by atoms with Gasteiger partial charge in [-0.1, -0.05) is 13.8 Å². The Hall–Kier alpha value is -2.17. The fraction of sp³-hybridized carbons (Fsp3) is 0.333. The minimum absolute atomic E-state index is 0.295. The molecule has 0 aliphatic carbocycles. The molecule has 24 heavy (non-hydrogen) atoms. The summed E-state index contributed by atoms with van der Waals surface area (Å²) in [5.74, 6) is -12.1. The minimum atomic E-state index is -4.14. The summed E-state index contributed by atoms with van der Waals surface area (Å²) >= 11 is 0. The van der Waals surface area contributed by atoms with Crippen LogP contribution in [0, 0.1) is 12.7 Å². The molecule has 0 saturated carbocycles. The largest absolute Gasteiger partial charge is 0.504 e. The Labute approximate surface area is 135 Å². The number of aryl methyl sites for hydroxylation is 1. The highest BCUT2D eigenvalue weighted by molar-refractivity contribution is 5.98. The van der Waals surface area contributed by atoms with E-state index in [0.717, 1.165) is 13.0 Å². The zero-order valence-electron chi connectivity index (χ0n) is 13.1. The van der Waals surface area contributed by atoms with Gasteiger partial charge in [-0.15, -0.1) is 0 Å². The predicted molar refractivity (Wildman–Crippen MR) is 80.5 cm³/mol. The molecule has 134 valence electrons. The summed E-state index contributed by atoms with van der Waals surface area (Å²) in [6.45, 7) is 5.14. The van der Waals surface area contributed by atoms with Crippen LogP contribution < -0.4 is 0 Å². The normalized spacial score (nSPS) is 12.0. The number of phenolic OH excluding ortho intramolecular Hbond substituents is 3. The van der Waals surface area contributed by atoms with E-state index in [1.807, 2.05) is 13.8 Å². The van der Waals surface area contributed by atoms with Gasteiger partial charge in [0, 0.05) is 16.3 Å². The van der Waals surface area contributed by atoms with Crippen LogP contribution in [0.2, 0.25) is 0 Å². The lowest BCUT2D eigenvalue weighted by Crippen LogP contribution is -2.52. The van der Waals surface area contributed by atoms with E-state index in [0.29, 0.717) is 6.07 Å². The van der Waals surface area contributed by atoms with Crippen LogP contribution in [-0.4, -0.2) is 46.8 Å². The van der Waals surface area contributed by atoms with Crippen molar-refractivity contribution >= 4 is 10.8 Å². The highest BCUT2D eigenvalue weighted by Gasteiger charge is 2.51. The number of aliphatic hydroxyl groups is 5. The summed E-state index contributed by atoms with van der Waals surface area (Å²) in [6.07, 6.45) is 0. The first kappa shape index (κ1) is 19.9. The molecule has 9 heteroatoms.